The van der Waals surface area contributed by atoms with Crippen molar-refractivity contribution < 1.29 is 4.39 Å². The maximum Gasteiger partial charge on any atom is 0.105 e. The zero-order valence-electron chi connectivity index (χ0n) is 6.81. The van der Waals surface area contributed by atoms with Crippen LogP contribution in [0.3, 0.4) is 0 Å². The molecule has 11 heavy (non-hydrogen) atoms. The van der Waals surface area contributed by atoms with E-state index in [1.165, 1.54) is 0 Å². The predicted octanol–water partition coefficient (Wildman–Crippen LogP) is 2.15. The second kappa shape index (κ2) is 3.67. The zero-order chi connectivity index (χ0) is 8.27. The van der Waals surface area contributed by atoms with Crippen molar-refractivity contribution in [1.29, 1.82) is 0 Å². The van der Waals surface area contributed by atoms with Crippen LogP contribution in [-0.4, -0.2) is 6.54 Å². The Labute approximate surface area is 66.8 Å². The molecule has 0 bridgehead atoms. The lowest BCUT2D eigenvalue weighted by atomic mass is 9.94. The Kier molecular flexibility index (Phi) is 2.83. The average Bonchev–Trinajstić information content (AvgIpc) is 2.04. The van der Waals surface area contributed by atoms with Crippen molar-refractivity contribution in [2.24, 2.45) is 11.7 Å². The number of halogens is 1. The van der Waals surface area contributed by atoms with Gasteiger partial charge in [-0.1, -0.05) is 13.0 Å². The SMILES string of the molecule is CCC1=CCC(CN)C(F)=C1. The van der Waals surface area contributed by atoms with Crippen LogP contribution in [0, 0.1) is 5.92 Å². The largest absolute Gasteiger partial charge is 0.330 e. The van der Waals surface area contributed by atoms with Crippen LogP contribution in [0.5, 0.6) is 0 Å². The van der Waals surface area contributed by atoms with Gasteiger partial charge in [-0.15, -0.1) is 0 Å². The second-order valence-electron chi connectivity index (χ2n) is 2.83. The summed E-state index contributed by atoms with van der Waals surface area (Å²) in [5.41, 5.74) is 6.46. The molecule has 0 amide bonds. The molecule has 0 aromatic carbocycles. The molecule has 0 aromatic rings. The summed E-state index contributed by atoms with van der Waals surface area (Å²) < 4.78 is 13.0. The number of hydrogen-bond acceptors (Lipinski definition) is 1. The Morgan fingerprint density at radius 1 is 1.73 bits per heavy atom. The van der Waals surface area contributed by atoms with Gasteiger partial charge >= 0.3 is 0 Å². The summed E-state index contributed by atoms with van der Waals surface area (Å²) in [6.07, 6.45) is 5.36. The van der Waals surface area contributed by atoms with Gasteiger partial charge in [-0.2, -0.15) is 0 Å². The summed E-state index contributed by atoms with van der Waals surface area (Å²) >= 11 is 0. The number of allylic oxidation sites excluding steroid dienone is 3. The van der Waals surface area contributed by atoms with Crippen molar-refractivity contribution >= 4 is 0 Å². The van der Waals surface area contributed by atoms with Crippen molar-refractivity contribution in [1.82, 2.24) is 0 Å². The minimum Gasteiger partial charge on any atom is -0.330 e. The minimum atomic E-state index is -0.0645. The molecule has 1 aliphatic carbocycles. The van der Waals surface area contributed by atoms with Crippen LogP contribution in [0.1, 0.15) is 19.8 Å². The molecule has 0 spiro atoms. The lowest BCUT2D eigenvalue weighted by Gasteiger charge is -2.15. The third kappa shape index (κ3) is 1.90. The molecule has 0 heterocycles. The molecule has 1 unspecified atom stereocenters. The van der Waals surface area contributed by atoms with E-state index in [2.05, 4.69) is 6.08 Å². The fraction of sp³-hybridized carbons (Fsp3) is 0.556. The summed E-state index contributed by atoms with van der Waals surface area (Å²) in [4.78, 5) is 0. The molecule has 1 nitrogen and oxygen atoms in total. The highest BCUT2D eigenvalue weighted by atomic mass is 19.1. The topological polar surface area (TPSA) is 26.0 Å². The summed E-state index contributed by atoms with van der Waals surface area (Å²) in [5, 5.41) is 0. The molecule has 0 fully saturated rings. The molecule has 0 aliphatic heterocycles. The van der Waals surface area contributed by atoms with Crippen molar-refractivity contribution in [3.63, 3.8) is 0 Å². The van der Waals surface area contributed by atoms with Gasteiger partial charge in [-0.05, 0) is 24.5 Å². The van der Waals surface area contributed by atoms with Crippen molar-refractivity contribution in [3.8, 4) is 0 Å². The number of rotatable bonds is 2. The fourth-order valence-electron chi connectivity index (χ4n) is 1.22. The van der Waals surface area contributed by atoms with Crippen molar-refractivity contribution in [2.45, 2.75) is 19.8 Å². The van der Waals surface area contributed by atoms with E-state index in [0.717, 1.165) is 18.4 Å². The molecule has 2 N–H and O–H groups in total. The third-order valence-electron chi connectivity index (χ3n) is 2.07. The lowest BCUT2D eigenvalue weighted by molar-refractivity contribution is 0.466. The van der Waals surface area contributed by atoms with Crippen LogP contribution in [0.15, 0.2) is 23.6 Å². The fourth-order valence-corrected chi connectivity index (χ4v) is 1.22. The molecular weight excluding hydrogens is 141 g/mol. The predicted molar refractivity (Wildman–Crippen MR) is 44.7 cm³/mol. The third-order valence-corrected chi connectivity index (χ3v) is 2.07. The first-order valence-electron chi connectivity index (χ1n) is 4.04. The first-order chi connectivity index (χ1) is 5.27. The van der Waals surface area contributed by atoms with Crippen molar-refractivity contribution in [2.75, 3.05) is 6.54 Å². The van der Waals surface area contributed by atoms with E-state index in [1.54, 1.807) is 6.08 Å². The normalized spacial score (nSPS) is 24.5. The Bertz CT molecular complexity index is 194. The van der Waals surface area contributed by atoms with E-state index in [9.17, 15) is 4.39 Å². The Hall–Kier alpha value is -0.630. The molecule has 62 valence electrons. The highest BCUT2D eigenvalue weighted by Crippen LogP contribution is 2.25. The van der Waals surface area contributed by atoms with Gasteiger partial charge in [0, 0.05) is 12.5 Å². The van der Waals surface area contributed by atoms with Gasteiger partial charge < -0.3 is 5.73 Å². The molecule has 1 aliphatic rings. The first kappa shape index (κ1) is 8.47. The van der Waals surface area contributed by atoms with Gasteiger partial charge in [0.05, 0.1) is 0 Å². The van der Waals surface area contributed by atoms with Crippen molar-refractivity contribution in [3.05, 3.63) is 23.6 Å². The highest BCUT2D eigenvalue weighted by Gasteiger charge is 2.15. The maximum absolute atomic E-state index is 13.0. The summed E-state index contributed by atoms with van der Waals surface area (Å²) in [6, 6.07) is 0. The van der Waals surface area contributed by atoms with Gasteiger partial charge in [0.15, 0.2) is 0 Å². The van der Waals surface area contributed by atoms with Gasteiger partial charge in [-0.3, -0.25) is 0 Å². The highest BCUT2D eigenvalue weighted by molar-refractivity contribution is 5.26. The number of hydrogen-bond donors (Lipinski definition) is 1. The van der Waals surface area contributed by atoms with Gasteiger partial charge in [0.1, 0.15) is 5.83 Å². The molecule has 0 saturated carbocycles. The minimum absolute atomic E-state index is 0.0492. The Balaban J connectivity index is 2.65. The quantitative estimate of drug-likeness (QED) is 0.649. The van der Waals surface area contributed by atoms with Gasteiger partial charge in [0.2, 0.25) is 0 Å². The smallest absolute Gasteiger partial charge is 0.105 e. The molecule has 1 atom stereocenters. The average molecular weight is 155 g/mol. The number of nitrogens with two attached hydrogens (primary N) is 1. The molecule has 1 rings (SSSR count). The summed E-state index contributed by atoms with van der Waals surface area (Å²) in [7, 11) is 0. The Morgan fingerprint density at radius 3 is 2.91 bits per heavy atom. The van der Waals surface area contributed by atoms with E-state index in [1.807, 2.05) is 6.92 Å². The van der Waals surface area contributed by atoms with Crippen LogP contribution in [0.25, 0.3) is 0 Å². The van der Waals surface area contributed by atoms with E-state index in [-0.39, 0.29) is 11.7 Å². The Morgan fingerprint density at radius 2 is 2.45 bits per heavy atom. The van der Waals surface area contributed by atoms with Crippen LogP contribution >= 0.6 is 0 Å². The molecule has 0 saturated heterocycles. The molecule has 0 aromatic heterocycles. The van der Waals surface area contributed by atoms with E-state index >= 15 is 0 Å². The molecule has 0 radical (unpaired) electrons. The first-order valence-corrected chi connectivity index (χ1v) is 4.04. The van der Waals surface area contributed by atoms with Gasteiger partial charge in [-0.25, -0.2) is 4.39 Å². The zero-order valence-corrected chi connectivity index (χ0v) is 6.81. The molecular formula is C9H14FN. The van der Waals surface area contributed by atoms with E-state index < -0.39 is 0 Å². The molecule has 2 heteroatoms. The maximum atomic E-state index is 13.0. The van der Waals surface area contributed by atoms with Crippen LogP contribution in [-0.2, 0) is 0 Å². The lowest BCUT2D eigenvalue weighted by Crippen LogP contribution is -2.16. The van der Waals surface area contributed by atoms with E-state index in [0.29, 0.717) is 6.54 Å². The van der Waals surface area contributed by atoms with Gasteiger partial charge in [0.25, 0.3) is 0 Å². The summed E-state index contributed by atoms with van der Waals surface area (Å²) in [6.45, 7) is 2.44. The summed E-state index contributed by atoms with van der Waals surface area (Å²) in [5.74, 6) is -0.114. The van der Waals surface area contributed by atoms with Crippen LogP contribution in [0.4, 0.5) is 4.39 Å². The van der Waals surface area contributed by atoms with Crippen LogP contribution in [0.2, 0.25) is 0 Å². The second-order valence-corrected chi connectivity index (χ2v) is 2.83. The van der Waals surface area contributed by atoms with Crippen LogP contribution < -0.4 is 5.73 Å². The monoisotopic (exact) mass is 155 g/mol. The standard InChI is InChI=1S/C9H14FN/c1-2-7-3-4-8(6-11)9(10)5-7/h3,5,8H,2,4,6,11H2,1H3. The van der Waals surface area contributed by atoms with E-state index in [4.69, 9.17) is 5.73 Å².